The molecule has 4 rings (SSSR count). The van der Waals surface area contributed by atoms with Gasteiger partial charge < -0.3 is 5.11 Å². The maximum Gasteiger partial charge on any atom is 0.274 e. The third kappa shape index (κ3) is 4.10. The average Bonchev–Trinajstić information content (AvgIpc) is 2.98. The lowest BCUT2D eigenvalue weighted by Gasteiger charge is -2.15. The van der Waals surface area contributed by atoms with E-state index in [0.717, 1.165) is 6.07 Å². The number of hydrogen-bond acceptors (Lipinski definition) is 6. The molecule has 1 N–H and O–H groups in total. The van der Waals surface area contributed by atoms with Gasteiger partial charge in [-0.05, 0) is 37.6 Å². The van der Waals surface area contributed by atoms with E-state index in [4.69, 9.17) is 11.6 Å². The highest BCUT2D eigenvalue weighted by molar-refractivity contribution is 6.31. The molecule has 4 aromatic rings. The van der Waals surface area contributed by atoms with E-state index in [1.54, 1.807) is 4.68 Å². The summed E-state index contributed by atoms with van der Waals surface area (Å²) in [6.07, 6.45) is 2.79. The number of hydrogen-bond donors (Lipinski definition) is 1. The number of halogens is 2. The van der Waals surface area contributed by atoms with E-state index in [1.807, 2.05) is 0 Å². The Bertz CT molecular complexity index is 1460. The van der Waals surface area contributed by atoms with Gasteiger partial charge >= 0.3 is 0 Å². The van der Waals surface area contributed by atoms with E-state index in [2.05, 4.69) is 9.97 Å². The van der Waals surface area contributed by atoms with Crippen LogP contribution in [-0.2, 0) is 19.2 Å². The van der Waals surface area contributed by atoms with Gasteiger partial charge in [-0.25, -0.2) is 14.4 Å². The van der Waals surface area contributed by atoms with Crippen LogP contribution in [0, 0.1) is 15.9 Å². The zero-order valence-electron chi connectivity index (χ0n) is 17.9. The van der Waals surface area contributed by atoms with Gasteiger partial charge in [-0.3, -0.25) is 24.3 Å². The van der Waals surface area contributed by atoms with Gasteiger partial charge in [-0.15, -0.1) is 0 Å². The maximum atomic E-state index is 14.9. The van der Waals surface area contributed by atoms with E-state index < -0.39 is 21.9 Å². The van der Waals surface area contributed by atoms with Crippen LogP contribution in [0.1, 0.15) is 25.2 Å². The molecule has 0 bridgehead atoms. The summed E-state index contributed by atoms with van der Waals surface area (Å²) in [4.78, 5) is 31.6. The van der Waals surface area contributed by atoms with Crippen LogP contribution in [-0.4, -0.2) is 29.4 Å². The molecule has 11 heteroatoms. The number of nitro groups is 1. The average molecular weight is 472 g/mol. The SMILES string of the molecule is Cn1c(=O)c2cc(F)c(-c3cnc(C(C)(C)O)nc3)cc2n1Cc1cc([N+](=O)[O-])ccc1Cl. The Balaban J connectivity index is 1.86. The van der Waals surface area contributed by atoms with E-state index in [9.17, 15) is 24.4 Å². The van der Waals surface area contributed by atoms with Crippen LogP contribution in [0.5, 0.6) is 0 Å². The number of fused-ring (bicyclic) bond motifs is 1. The molecule has 0 aliphatic carbocycles. The molecule has 170 valence electrons. The Labute approximate surface area is 191 Å². The molecule has 0 aliphatic heterocycles. The second-order valence-corrected chi connectivity index (χ2v) is 8.53. The standard InChI is InChI=1S/C22H19ClFN5O4/c1-22(2,31)21-25-9-13(10-26-21)15-8-19-16(7-18(15)24)20(30)27(3)28(19)11-12-6-14(29(32)33)4-5-17(12)23/h4-10,31H,11H2,1-3H3. The second-order valence-electron chi connectivity index (χ2n) is 8.12. The molecule has 0 aliphatic rings. The first kappa shape index (κ1) is 22.6. The van der Waals surface area contributed by atoms with Gasteiger partial charge in [0.05, 0.1) is 22.4 Å². The minimum absolute atomic E-state index is 0.0506. The van der Waals surface area contributed by atoms with Crippen molar-refractivity contribution in [1.29, 1.82) is 0 Å². The van der Waals surface area contributed by atoms with Crippen LogP contribution >= 0.6 is 11.6 Å². The number of aliphatic hydroxyl groups is 1. The third-order valence-corrected chi connectivity index (χ3v) is 5.69. The molecule has 9 nitrogen and oxygen atoms in total. The van der Waals surface area contributed by atoms with Crippen molar-refractivity contribution in [2.75, 3.05) is 0 Å². The number of aromatic nitrogens is 4. The molecule has 0 unspecified atom stereocenters. The Morgan fingerprint density at radius 3 is 2.48 bits per heavy atom. The van der Waals surface area contributed by atoms with Crippen molar-refractivity contribution in [1.82, 2.24) is 19.3 Å². The minimum atomic E-state index is -1.25. The van der Waals surface area contributed by atoms with Crippen LogP contribution in [0.25, 0.3) is 22.0 Å². The first-order chi connectivity index (χ1) is 15.5. The molecular formula is C22H19ClFN5O4. The Morgan fingerprint density at radius 1 is 1.21 bits per heavy atom. The van der Waals surface area contributed by atoms with Crippen molar-refractivity contribution in [2.24, 2.45) is 7.05 Å². The lowest BCUT2D eigenvalue weighted by molar-refractivity contribution is -0.384. The number of nitrogens with zero attached hydrogens (tertiary/aromatic N) is 5. The molecule has 2 heterocycles. The highest BCUT2D eigenvalue weighted by Gasteiger charge is 2.21. The van der Waals surface area contributed by atoms with E-state index in [1.165, 1.54) is 62.2 Å². The van der Waals surface area contributed by atoms with Crippen molar-refractivity contribution < 1.29 is 14.4 Å². The topological polar surface area (TPSA) is 116 Å². The van der Waals surface area contributed by atoms with Crippen LogP contribution in [0.2, 0.25) is 5.02 Å². The number of benzene rings is 2. The number of nitro benzene ring substituents is 1. The molecule has 0 amide bonds. The summed E-state index contributed by atoms with van der Waals surface area (Å²) in [5, 5.41) is 21.6. The number of rotatable bonds is 5. The first-order valence-electron chi connectivity index (χ1n) is 9.84. The summed E-state index contributed by atoms with van der Waals surface area (Å²) in [5.74, 6) is -0.449. The molecule has 2 aromatic carbocycles. The zero-order valence-corrected chi connectivity index (χ0v) is 18.7. The molecule has 0 radical (unpaired) electrons. The van der Waals surface area contributed by atoms with E-state index in [0.29, 0.717) is 21.7 Å². The fourth-order valence-electron chi connectivity index (χ4n) is 3.54. The van der Waals surface area contributed by atoms with E-state index in [-0.39, 0.29) is 29.0 Å². The molecule has 0 fully saturated rings. The smallest absolute Gasteiger partial charge is 0.274 e. The fourth-order valence-corrected chi connectivity index (χ4v) is 3.72. The number of non-ortho nitro benzene ring substituents is 1. The summed E-state index contributed by atoms with van der Waals surface area (Å²) in [6.45, 7) is 3.13. The first-order valence-corrected chi connectivity index (χ1v) is 10.2. The molecule has 33 heavy (non-hydrogen) atoms. The Hall–Kier alpha value is -3.63. The molecule has 2 aromatic heterocycles. The minimum Gasteiger partial charge on any atom is -0.382 e. The van der Waals surface area contributed by atoms with Gasteiger partial charge in [-0.1, -0.05) is 11.6 Å². The maximum absolute atomic E-state index is 14.9. The predicted molar refractivity (Wildman–Crippen MR) is 121 cm³/mol. The summed E-state index contributed by atoms with van der Waals surface area (Å²) >= 11 is 6.24. The second kappa shape index (κ2) is 8.05. The van der Waals surface area contributed by atoms with Crippen LogP contribution in [0.4, 0.5) is 10.1 Å². The van der Waals surface area contributed by atoms with Gasteiger partial charge in [0, 0.05) is 47.7 Å². The van der Waals surface area contributed by atoms with Crippen LogP contribution < -0.4 is 5.56 Å². The lowest BCUT2D eigenvalue weighted by Crippen LogP contribution is -2.19. The van der Waals surface area contributed by atoms with Gasteiger partial charge in [0.1, 0.15) is 11.4 Å². The van der Waals surface area contributed by atoms with Crippen molar-refractivity contribution in [3.8, 4) is 11.1 Å². The van der Waals surface area contributed by atoms with Crippen LogP contribution in [0.3, 0.4) is 0 Å². The molecular weight excluding hydrogens is 453 g/mol. The normalized spacial score (nSPS) is 11.8. The monoisotopic (exact) mass is 471 g/mol. The summed E-state index contributed by atoms with van der Waals surface area (Å²) in [6, 6.07) is 6.70. The van der Waals surface area contributed by atoms with Gasteiger partial charge in [0.25, 0.3) is 11.2 Å². The predicted octanol–water partition coefficient (Wildman–Crippen LogP) is 3.77. The zero-order chi connectivity index (χ0) is 24.1. The highest BCUT2D eigenvalue weighted by atomic mass is 35.5. The molecule has 0 saturated heterocycles. The highest BCUT2D eigenvalue weighted by Crippen LogP contribution is 2.29. The fraction of sp³-hybridized carbons (Fsp3) is 0.227. The Kier molecular flexibility index (Phi) is 5.51. The molecule has 0 spiro atoms. The quantitative estimate of drug-likeness (QED) is 0.350. The van der Waals surface area contributed by atoms with Crippen molar-refractivity contribution in [3.63, 3.8) is 0 Å². The largest absolute Gasteiger partial charge is 0.382 e. The summed E-state index contributed by atoms with van der Waals surface area (Å²) in [7, 11) is 1.52. The van der Waals surface area contributed by atoms with Crippen molar-refractivity contribution in [2.45, 2.75) is 26.0 Å². The van der Waals surface area contributed by atoms with Crippen molar-refractivity contribution >= 4 is 28.2 Å². The van der Waals surface area contributed by atoms with Gasteiger partial charge in [0.15, 0.2) is 5.82 Å². The van der Waals surface area contributed by atoms with Gasteiger partial charge in [0.2, 0.25) is 0 Å². The van der Waals surface area contributed by atoms with Crippen LogP contribution in [0.15, 0.2) is 47.5 Å². The summed E-state index contributed by atoms with van der Waals surface area (Å²) in [5.41, 5.74) is -0.446. The summed E-state index contributed by atoms with van der Waals surface area (Å²) < 4.78 is 17.8. The van der Waals surface area contributed by atoms with Gasteiger partial charge in [-0.2, -0.15) is 0 Å². The van der Waals surface area contributed by atoms with E-state index >= 15 is 0 Å². The molecule has 0 saturated carbocycles. The third-order valence-electron chi connectivity index (χ3n) is 5.32. The Morgan fingerprint density at radius 2 is 1.88 bits per heavy atom. The lowest BCUT2D eigenvalue weighted by atomic mass is 10.1. The molecule has 0 atom stereocenters. The van der Waals surface area contributed by atoms with Crippen molar-refractivity contribution in [3.05, 3.63) is 85.4 Å².